The number of fused-ring (bicyclic) bond motifs is 1. The average Bonchev–Trinajstić information content (AvgIpc) is 3.00. The number of pyridine rings is 1. The van der Waals surface area contributed by atoms with Gasteiger partial charge in [0.1, 0.15) is 23.0 Å². The number of esters is 1. The first-order valence-corrected chi connectivity index (χ1v) is 9.88. The van der Waals surface area contributed by atoms with E-state index in [9.17, 15) is 13.6 Å². The Morgan fingerprint density at radius 1 is 1.24 bits per heavy atom. The molecule has 2 aromatic heterocycles. The van der Waals surface area contributed by atoms with Crippen LogP contribution in [-0.4, -0.2) is 33.5 Å². The molecule has 0 fully saturated rings. The number of benzene rings is 1. The van der Waals surface area contributed by atoms with Gasteiger partial charge in [-0.3, -0.25) is 4.90 Å². The lowest BCUT2D eigenvalue weighted by molar-refractivity contribution is 0.0595. The van der Waals surface area contributed by atoms with Gasteiger partial charge in [0.05, 0.1) is 5.56 Å². The van der Waals surface area contributed by atoms with Crippen LogP contribution in [-0.2, 0) is 18.3 Å². The highest BCUT2D eigenvalue weighted by atomic mass is 79.9. The molecule has 3 heterocycles. The molecule has 4 rings (SSSR count). The largest absolute Gasteiger partial charge is 0.428 e. The molecule has 0 aliphatic carbocycles. The van der Waals surface area contributed by atoms with Gasteiger partial charge in [-0.05, 0) is 46.3 Å². The quantitative estimate of drug-likeness (QED) is 0.534. The van der Waals surface area contributed by atoms with Crippen molar-refractivity contribution in [2.75, 3.05) is 13.1 Å². The van der Waals surface area contributed by atoms with E-state index in [0.29, 0.717) is 25.3 Å². The minimum Gasteiger partial charge on any atom is -0.428 e. The van der Waals surface area contributed by atoms with Crippen molar-refractivity contribution in [2.24, 2.45) is 7.05 Å². The second-order valence-corrected chi connectivity index (χ2v) is 7.78. The summed E-state index contributed by atoms with van der Waals surface area (Å²) in [5.74, 6) is -1.86. The number of halogens is 3. The number of rotatable bonds is 4. The molecule has 0 saturated carbocycles. The van der Waals surface area contributed by atoms with Crippen LogP contribution in [0.5, 0.6) is 0 Å². The zero-order valence-corrected chi connectivity index (χ0v) is 17.2. The van der Waals surface area contributed by atoms with Crippen LogP contribution in [0.25, 0.3) is 11.0 Å². The Kier molecular flexibility index (Phi) is 5.47. The third-order valence-corrected chi connectivity index (χ3v) is 5.63. The van der Waals surface area contributed by atoms with Gasteiger partial charge in [0.25, 0.3) is 0 Å². The molecule has 3 aromatic rings. The highest BCUT2D eigenvalue weighted by Gasteiger charge is 2.19. The van der Waals surface area contributed by atoms with Crippen LogP contribution in [0.4, 0.5) is 8.78 Å². The van der Waals surface area contributed by atoms with Crippen LogP contribution in [0.15, 0.2) is 52.8 Å². The lowest BCUT2D eigenvalue weighted by atomic mass is 10.2. The molecule has 1 aliphatic heterocycles. The molecule has 0 unspecified atom stereocenters. The summed E-state index contributed by atoms with van der Waals surface area (Å²) in [6.07, 6.45) is 4.13. The van der Waals surface area contributed by atoms with Crippen molar-refractivity contribution in [3.05, 3.63) is 75.7 Å². The molecule has 0 radical (unpaired) electrons. The van der Waals surface area contributed by atoms with Crippen LogP contribution in [0, 0.1) is 11.6 Å². The Hall–Kier alpha value is -2.58. The maximum absolute atomic E-state index is 13.3. The molecule has 1 aliphatic rings. The zero-order chi connectivity index (χ0) is 20.5. The minimum absolute atomic E-state index is 0.139. The lowest BCUT2D eigenvalue weighted by Crippen LogP contribution is -2.30. The van der Waals surface area contributed by atoms with Gasteiger partial charge in [0.2, 0.25) is 0 Å². The number of carbonyl (C=O) groups excluding carboxylic acids is 1. The summed E-state index contributed by atoms with van der Waals surface area (Å²) in [5, 5.41) is 1.06. The predicted octanol–water partition coefficient (Wildman–Crippen LogP) is 4.56. The SMILES string of the molecule is Cn1c(CN2CC=C(OC(=O)c3cc(F)cc(F)c3)CC2)cc2c(Br)ccnc21. The summed E-state index contributed by atoms with van der Waals surface area (Å²) in [6, 6.07) is 6.68. The first-order chi connectivity index (χ1) is 13.9. The fraction of sp³-hybridized carbons (Fsp3) is 0.238. The van der Waals surface area contributed by atoms with Crippen molar-refractivity contribution in [3.63, 3.8) is 0 Å². The van der Waals surface area contributed by atoms with Crippen molar-refractivity contribution in [1.82, 2.24) is 14.5 Å². The van der Waals surface area contributed by atoms with Gasteiger partial charge in [-0.2, -0.15) is 0 Å². The van der Waals surface area contributed by atoms with E-state index in [1.807, 2.05) is 19.2 Å². The molecule has 150 valence electrons. The molecule has 29 heavy (non-hydrogen) atoms. The topological polar surface area (TPSA) is 47.4 Å². The molecule has 1 aromatic carbocycles. The normalized spacial score (nSPS) is 14.8. The second kappa shape index (κ2) is 8.04. The molecular weight excluding hydrogens is 444 g/mol. The van der Waals surface area contributed by atoms with Gasteiger partial charge >= 0.3 is 5.97 Å². The first kappa shape index (κ1) is 19.7. The molecular formula is C21H18BrF2N3O2. The Labute approximate surface area is 174 Å². The van der Waals surface area contributed by atoms with Crippen LogP contribution < -0.4 is 0 Å². The van der Waals surface area contributed by atoms with Crippen LogP contribution in [0.1, 0.15) is 22.5 Å². The molecule has 5 nitrogen and oxygen atoms in total. The van der Waals surface area contributed by atoms with Gasteiger partial charge in [0.15, 0.2) is 0 Å². The third kappa shape index (κ3) is 4.23. The fourth-order valence-corrected chi connectivity index (χ4v) is 3.81. The van der Waals surface area contributed by atoms with E-state index in [1.165, 1.54) is 0 Å². The summed E-state index contributed by atoms with van der Waals surface area (Å²) in [6.45, 7) is 2.04. The maximum Gasteiger partial charge on any atom is 0.343 e. The molecule has 0 spiro atoms. The summed E-state index contributed by atoms with van der Waals surface area (Å²) >= 11 is 3.56. The van der Waals surface area contributed by atoms with Crippen molar-refractivity contribution in [3.8, 4) is 0 Å². The predicted molar refractivity (Wildman–Crippen MR) is 108 cm³/mol. The molecule has 0 N–H and O–H groups in total. The molecule has 0 saturated heterocycles. The lowest BCUT2D eigenvalue weighted by Gasteiger charge is -2.25. The highest BCUT2D eigenvalue weighted by molar-refractivity contribution is 9.10. The third-order valence-electron chi connectivity index (χ3n) is 4.93. The average molecular weight is 462 g/mol. The van der Waals surface area contributed by atoms with E-state index < -0.39 is 17.6 Å². The second-order valence-electron chi connectivity index (χ2n) is 6.93. The van der Waals surface area contributed by atoms with Gasteiger partial charge in [-0.25, -0.2) is 18.6 Å². The Bertz CT molecular complexity index is 1110. The van der Waals surface area contributed by atoms with Crippen molar-refractivity contribution in [2.45, 2.75) is 13.0 Å². The zero-order valence-electron chi connectivity index (χ0n) is 15.7. The first-order valence-electron chi connectivity index (χ1n) is 9.09. The fourth-order valence-electron chi connectivity index (χ4n) is 3.40. The number of aryl methyl sites for hydroxylation is 1. The molecule has 8 heteroatoms. The summed E-state index contributed by atoms with van der Waals surface area (Å²) < 4.78 is 34.9. The van der Waals surface area contributed by atoms with E-state index in [0.717, 1.165) is 45.9 Å². The Morgan fingerprint density at radius 2 is 2.00 bits per heavy atom. The molecule has 0 amide bonds. The highest BCUT2D eigenvalue weighted by Crippen LogP contribution is 2.26. The van der Waals surface area contributed by atoms with Gasteiger partial charge in [0, 0.05) is 60.9 Å². The van der Waals surface area contributed by atoms with Crippen LogP contribution >= 0.6 is 15.9 Å². The number of ether oxygens (including phenoxy) is 1. The number of nitrogens with zero attached hydrogens (tertiary/aromatic N) is 3. The van der Waals surface area contributed by atoms with E-state index >= 15 is 0 Å². The van der Waals surface area contributed by atoms with Crippen molar-refractivity contribution >= 4 is 32.9 Å². The summed E-state index contributed by atoms with van der Waals surface area (Å²) in [7, 11) is 1.99. The molecule has 0 atom stereocenters. The smallest absolute Gasteiger partial charge is 0.343 e. The Balaban J connectivity index is 1.41. The number of hydrogen-bond acceptors (Lipinski definition) is 4. The van der Waals surface area contributed by atoms with Crippen LogP contribution in [0.3, 0.4) is 0 Å². The number of hydrogen-bond donors (Lipinski definition) is 0. The maximum atomic E-state index is 13.3. The van der Waals surface area contributed by atoms with Gasteiger partial charge in [-0.1, -0.05) is 0 Å². The summed E-state index contributed by atoms with van der Waals surface area (Å²) in [4.78, 5) is 18.8. The Morgan fingerprint density at radius 3 is 2.66 bits per heavy atom. The molecule has 0 bridgehead atoms. The standard InChI is InChI=1S/C21H18BrF2N3O2/c1-26-16(11-18-19(22)2-5-25-20(18)26)12-27-6-3-17(4-7-27)29-21(28)13-8-14(23)10-15(24)9-13/h2-3,5,8-11H,4,6-7,12H2,1H3. The van der Waals surface area contributed by atoms with Gasteiger partial charge < -0.3 is 9.30 Å². The monoisotopic (exact) mass is 461 g/mol. The minimum atomic E-state index is -0.808. The number of aromatic nitrogens is 2. The van der Waals surface area contributed by atoms with Crippen molar-refractivity contribution in [1.29, 1.82) is 0 Å². The van der Waals surface area contributed by atoms with Crippen LogP contribution in [0.2, 0.25) is 0 Å². The van der Waals surface area contributed by atoms with E-state index in [2.05, 4.69) is 36.4 Å². The van der Waals surface area contributed by atoms with Gasteiger partial charge in [-0.15, -0.1) is 0 Å². The number of carbonyl (C=O) groups is 1. The van der Waals surface area contributed by atoms with E-state index in [-0.39, 0.29) is 5.56 Å². The van der Waals surface area contributed by atoms with Crippen molar-refractivity contribution < 1.29 is 18.3 Å². The van der Waals surface area contributed by atoms with E-state index in [1.54, 1.807) is 6.20 Å². The summed E-state index contributed by atoms with van der Waals surface area (Å²) in [5.41, 5.74) is 1.90. The van der Waals surface area contributed by atoms with E-state index in [4.69, 9.17) is 4.74 Å².